The minimum absolute atomic E-state index is 0.0424. The van der Waals surface area contributed by atoms with E-state index in [4.69, 9.17) is 0 Å². The maximum absolute atomic E-state index is 13.5. The van der Waals surface area contributed by atoms with Gasteiger partial charge in [0.1, 0.15) is 11.6 Å². The molecule has 132 valence electrons. The van der Waals surface area contributed by atoms with Gasteiger partial charge in [-0.25, -0.2) is 21.9 Å². The molecule has 0 aliphatic carbocycles. The second-order valence-electron chi connectivity index (χ2n) is 5.34. The molecular weight excluding hydrogens is 352 g/mol. The molecule has 2 rings (SSSR count). The molecule has 1 amide bonds. The van der Waals surface area contributed by atoms with Crippen LogP contribution in [0.3, 0.4) is 0 Å². The van der Waals surface area contributed by atoms with Crippen LogP contribution in [0.2, 0.25) is 0 Å². The number of aryl methyl sites for hydroxylation is 1. The lowest BCUT2D eigenvalue weighted by atomic mass is 10.1. The van der Waals surface area contributed by atoms with E-state index in [1.807, 2.05) is 4.72 Å². The molecule has 0 aliphatic heterocycles. The number of benzene rings is 2. The zero-order valence-corrected chi connectivity index (χ0v) is 14.1. The highest BCUT2D eigenvalue weighted by Gasteiger charge is 2.20. The molecule has 0 unspecified atom stereocenters. The molecule has 0 heterocycles. The molecule has 2 aromatic carbocycles. The molecule has 0 aromatic heterocycles. The average Bonchev–Trinajstić information content (AvgIpc) is 2.52. The fraction of sp³-hybridized carbons (Fsp3) is 0.176. The number of halogens is 2. The third-order valence-electron chi connectivity index (χ3n) is 3.44. The summed E-state index contributed by atoms with van der Waals surface area (Å²) >= 11 is 0. The normalized spacial score (nSPS) is 11.2. The van der Waals surface area contributed by atoms with Crippen LogP contribution in [0.1, 0.15) is 28.8 Å². The molecule has 0 fully saturated rings. The Balaban J connectivity index is 2.01. The highest BCUT2D eigenvalue weighted by molar-refractivity contribution is 7.90. The van der Waals surface area contributed by atoms with E-state index in [0.717, 1.165) is 12.1 Å². The number of rotatable bonds is 6. The Morgan fingerprint density at radius 3 is 2.36 bits per heavy atom. The number of ketones is 1. The molecule has 0 aliphatic rings. The maximum atomic E-state index is 13.5. The molecule has 0 radical (unpaired) electrons. The third kappa shape index (κ3) is 4.69. The molecule has 1 N–H and O–H groups in total. The lowest BCUT2D eigenvalue weighted by molar-refractivity contribution is -0.119. The van der Waals surface area contributed by atoms with Crippen LogP contribution in [0, 0.1) is 18.6 Å². The molecule has 2 aromatic rings. The molecule has 0 saturated carbocycles. The molecule has 0 bridgehead atoms. The van der Waals surface area contributed by atoms with Crippen LogP contribution < -0.4 is 4.72 Å². The van der Waals surface area contributed by atoms with Gasteiger partial charge >= 0.3 is 0 Å². The third-order valence-corrected chi connectivity index (χ3v) is 4.98. The van der Waals surface area contributed by atoms with Gasteiger partial charge < -0.3 is 0 Å². The topological polar surface area (TPSA) is 80.3 Å². The van der Waals surface area contributed by atoms with Gasteiger partial charge in [0.05, 0.1) is 10.5 Å². The summed E-state index contributed by atoms with van der Waals surface area (Å²) in [6, 6.07) is 8.59. The van der Waals surface area contributed by atoms with Crippen molar-refractivity contribution in [2.45, 2.75) is 24.7 Å². The van der Waals surface area contributed by atoms with Crippen LogP contribution in [0.15, 0.2) is 47.4 Å². The number of Topliss-reactive ketones (excluding diaryl/α,β-unsaturated/α-hetero) is 1. The van der Waals surface area contributed by atoms with E-state index in [1.54, 1.807) is 19.1 Å². The quantitative estimate of drug-likeness (QED) is 0.796. The van der Waals surface area contributed by atoms with Crippen molar-refractivity contribution in [2.75, 3.05) is 0 Å². The fourth-order valence-corrected chi connectivity index (χ4v) is 3.45. The second kappa shape index (κ2) is 7.52. The SMILES string of the molecule is Cc1ccccc1S(=O)(=O)NC(=O)CCC(=O)c1ccc(F)cc1F. The molecule has 0 spiro atoms. The molecule has 8 heteroatoms. The molecule has 0 atom stereocenters. The van der Waals surface area contributed by atoms with Gasteiger partial charge in [0.15, 0.2) is 5.78 Å². The maximum Gasteiger partial charge on any atom is 0.264 e. The summed E-state index contributed by atoms with van der Waals surface area (Å²) in [6.07, 6.45) is -0.849. The monoisotopic (exact) mass is 367 g/mol. The second-order valence-corrected chi connectivity index (χ2v) is 6.99. The standard InChI is InChI=1S/C17H15F2NO4S/c1-11-4-2-3-5-16(11)25(23,24)20-17(22)9-8-15(21)13-7-6-12(18)10-14(13)19/h2-7,10H,8-9H2,1H3,(H,20,22). The summed E-state index contributed by atoms with van der Waals surface area (Å²) in [6.45, 7) is 1.58. The Bertz CT molecular complexity index is 926. The predicted octanol–water partition coefficient (Wildman–Crippen LogP) is 2.74. The number of sulfonamides is 1. The molecule has 5 nitrogen and oxygen atoms in total. The van der Waals surface area contributed by atoms with Gasteiger partial charge in [-0.15, -0.1) is 0 Å². The van der Waals surface area contributed by atoms with E-state index in [-0.39, 0.29) is 10.5 Å². The van der Waals surface area contributed by atoms with Crippen LogP contribution in [0.4, 0.5) is 8.78 Å². The van der Waals surface area contributed by atoms with E-state index in [0.29, 0.717) is 11.6 Å². The van der Waals surface area contributed by atoms with Crippen molar-refractivity contribution >= 4 is 21.7 Å². The largest absolute Gasteiger partial charge is 0.294 e. The van der Waals surface area contributed by atoms with Gasteiger partial charge in [-0.3, -0.25) is 9.59 Å². The Kier molecular flexibility index (Phi) is 5.63. The van der Waals surface area contributed by atoms with Crippen LogP contribution in [0.25, 0.3) is 0 Å². The van der Waals surface area contributed by atoms with Crippen LogP contribution in [-0.4, -0.2) is 20.1 Å². The Morgan fingerprint density at radius 2 is 1.72 bits per heavy atom. The van der Waals surface area contributed by atoms with Crippen molar-refractivity contribution in [3.63, 3.8) is 0 Å². The van der Waals surface area contributed by atoms with E-state index >= 15 is 0 Å². The highest BCUT2D eigenvalue weighted by atomic mass is 32.2. The summed E-state index contributed by atoms with van der Waals surface area (Å²) in [5.74, 6) is -3.46. The van der Waals surface area contributed by atoms with Gasteiger partial charge in [-0.1, -0.05) is 18.2 Å². The first-order valence-electron chi connectivity index (χ1n) is 7.30. The first-order chi connectivity index (χ1) is 11.7. The summed E-state index contributed by atoms with van der Waals surface area (Å²) in [4.78, 5) is 23.7. The van der Waals surface area contributed by atoms with Crippen molar-refractivity contribution in [1.29, 1.82) is 0 Å². The minimum atomic E-state index is -4.05. The summed E-state index contributed by atoms with van der Waals surface area (Å²) in [5.41, 5.74) is 0.114. The van der Waals surface area contributed by atoms with E-state index in [2.05, 4.69) is 0 Å². The average molecular weight is 367 g/mol. The zero-order chi connectivity index (χ0) is 18.6. The van der Waals surface area contributed by atoms with Crippen LogP contribution in [0.5, 0.6) is 0 Å². The summed E-state index contributed by atoms with van der Waals surface area (Å²) < 4.78 is 52.5. The number of carbonyl (C=O) groups is 2. The van der Waals surface area contributed by atoms with Gasteiger partial charge in [0, 0.05) is 18.9 Å². The first-order valence-corrected chi connectivity index (χ1v) is 8.78. The molecule has 0 saturated heterocycles. The van der Waals surface area contributed by atoms with Crippen molar-refractivity contribution in [3.05, 3.63) is 65.2 Å². The van der Waals surface area contributed by atoms with Gasteiger partial charge in [0.25, 0.3) is 10.0 Å². The lowest BCUT2D eigenvalue weighted by Gasteiger charge is -2.09. The number of amides is 1. The Hall–Kier alpha value is -2.61. The van der Waals surface area contributed by atoms with E-state index < -0.39 is 46.2 Å². The van der Waals surface area contributed by atoms with Crippen molar-refractivity contribution < 1.29 is 26.8 Å². The highest BCUT2D eigenvalue weighted by Crippen LogP contribution is 2.15. The molecule has 25 heavy (non-hydrogen) atoms. The van der Waals surface area contributed by atoms with E-state index in [9.17, 15) is 26.8 Å². The predicted molar refractivity (Wildman–Crippen MR) is 86.4 cm³/mol. The summed E-state index contributed by atoms with van der Waals surface area (Å²) in [5, 5.41) is 0. The van der Waals surface area contributed by atoms with Crippen molar-refractivity contribution in [1.82, 2.24) is 4.72 Å². The number of hydrogen-bond acceptors (Lipinski definition) is 4. The smallest absolute Gasteiger partial charge is 0.264 e. The number of nitrogens with one attached hydrogen (secondary N) is 1. The van der Waals surface area contributed by atoms with Crippen molar-refractivity contribution in [3.8, 4) is 0 Å². The summed E-state index contributed by atoms with van der Waals surface area (Å²) in [7, 11) is -4.05. The first kappa shape index (κ1) is 18.7. The van der Waals surface area contributed by atoms with Gasteiger partial charge in [-0.2, -0.15) is 0 Å². The molecular formula is C17H15F2NO4S. The van der Waals surface area contributed by atoms with Crippen LogP contribution in [-0.2, 0) is 14.8 Å². The van der Waals surface area contributed by atoms with Gasteiger partial charge in [0.2, 0.25) is 5.91 Å². The minimum Gasteiger partial charge on any atom is -0.294 e. The fourth-order valence-electron chi connectivity index (χ4n) is 2.19. The Morgan fingerprint density at radius 1 is 1.04 bits per heavy atom. The van der Waals surface area contributed by atoms with Crippen molar-refractivity contribution in [2.24, 2.45) is 0 Å². The number of carbonyl (C=O) groups excluding carboxylic acids is 2. The number of hydrogen-bond donors (Lipinski definition) is 1. The van der Waals surface area contributed by atoms with Gasteiger partial charge in [-0.05, 0) is 30.7 Å². The Labute approximate surface area is 143 Å². The lowest BCUT2D eigenvalue weighted by Crippen LogP contribution is -2.31. The van der Waals surface area contributed by atoms with Crippen LogP contribution >= 0.6 is 0 Å². The van der Waals surface area contributed by atoms with E-state index in [1.165, 1.54) is 12.1 Å². The zero-order valence-electron chi connectivity index (χ0n) is 13.3.